The van der Waals surface area contributed by atoms with Crippen molar-refractivity contribution in [3.05, 3.63) is 11.8 Å². The van der Waals surface area contributed by atoms with E-state index in [1.807, 2.05) is 13.8 Å². The van der Waals surface area contributed by atoms with Crippen LogP contribution in [0.2, 0.25) is 0 Å². The Labute approximate surface area is 78.7 Å². The smallest absolute Gasteiger partial charge is 0.305 e. The molecule has 5 heteroatoms. The van der Waals surface area contributed by atoms with Gasteiger partial charge >= 0.3 is 10.1 Å². The van der Waals surface area contributed by atoms with E-state index in [4.69, 9.17) is 8.92 Å². The van der Waals surface area contributed by atoms with Crippen LogP contribution in [0.15, 0.2) is 11.8 Å². The molecule has 2 atom stereocenters. The van der Waals surface area contributed by atoms with Gasteiger partial charge in [0.25, 0.3) is 0 Å². The maximum Gasteiger partial charge on any atom is 0.305 e. The van der Waals surface area contributed by atoms with Crippen LogP contribution in [0, 0.1) is 0 Å². The minimum Gasteiger partial charge on any atom is -0.387 e. The fourth-order valence-corrected chi connectivity index (χ4v) is 1.84. The highest BCUT2D eigenvalue weighted by Gasteiger charge is 2.19. The molecule has 0 aromatic rings. The second kappa shape index (κ2) is 3.67. The van der Waals surface area contributed by atoms with Gasteiger partial charge in [-0.05, 0) is 19.9 Å². The molecule has 13 heavy (non-hydrogen) atoms. The summed E-state index contributed by atoms with van der Waals surface area (Å²) in [5, 5.41) is 0. The Bertz CT molecular complexity index is 304. The summed E-state index contributed by atoms with van der Waals surface area (Å²) >= 11 is 0. The SMILES string of the molecule is C[C@H]1C=C(OS(C)(=O)=O)C[C@H](C)O1. The van der Waals surface area contributed by atoms with Gasteiger partial charge in [-0.3, -0.25) is 0 Å². The van der Waals surface area contributed by atoms with Crippen LogP contribution in [0.25, 0.3) is 0 Å². The van der Waals surface area contributed by atoms with E-state index in [2.05, 4.69) is 0 Å². The van der Waals surface area contributed by atoms with Crippen LogP contribution in [-0.4, -0.2) is 26.9 Å². The average molecular weight is 206 g/mol. The second-order valence-electron chi connectivity index (χ2n) is 3.28. The van der Waals surface area contributed by atoms with Crippen molar-refractivity contribution < 1.29 is 17.3 Å². The number of hydrogen-bond acceptors (Lipinski definition) is 4. The Balaban J connectivity index is 2.70. The second-order valence-corrected chi connectivity index (χ2v) is 4.85. The Morgan fingerprint density at radius 2 is 2.15 bits per heavy atom. The maximum atomic E-state index is 10.8. The third-order valence-electron chi connectivity index (χ3n) is 1.61. The van der Waals surface area contributed by atoms with Crippen LogP contribution < -0.4 is 0 Å². The van der Waals surface area contributed by atoms with Crippen molar-refractivity contribution in [2.24, 2.45) is 0 Å². The zero-order valence-corrected chi connectivity index (χ0v) is 8.80. The van der Waals surface area contributed by atoms with E-state index in [1.165, 1.54) is 0 Å². The summed E-state index contributed by atoms with van der Waals surface area (Å²) in [6.45, 7) is 3.73. The van der Waals surface area contributed by atoms with Crippen LogP contribution in [-0.2, 0) is 19.0 Å². The van der Waals surface area contributed by atoms with Crippen molar-refractivity contribution in [2.45, 2.75) is 32.5 Å². The zero-order chi connectivity index (χ0) is 10.1. The molecule has 1 aliphatic heterocycles. The first-order valence-electron chi connectivity index (χ1n) is 4.12. The first kappa shape index (κ1) is 10.5. The van der Waals surface area contributed by atoms with Crippen molar-refractivity contribution in [3.8, 4) is 0 Å². The standard InChI is InChI=1S/C8H14O4S/c1-6-4-8(5-7(2)11-6)12-13(3,9)10/h4,6-7H,5H2,1-3H3/t6-,7-/m0/s1. The molecule has 0 fully saturated rings. The molecule has 76 valence electrons. The van der Waals surface area contributed by atoms with Gasteiger partial charge in [0.15, 0.2) is 0 Å². The molecule has 0 aliphatic carbocycles. The highest BCUT2D eigenvalue weighted by molar-refractivity contribution is 7.86. The molecule has 0 spiro atoms. The van der Waals surface area contributed by atoms with Gasteiger partial charge in [-0.1, -0.05) is 0 Å². The molecule has 0 radical (unpaired) electrons. The normalized spacial score (nSPS) is 29.6. The highest BCUT2D eigenvalue weighted by Crippen LogP contribution is 2.20. The summed E-state index contributed by atoms with van der Waals surface area (Å²) in [4.78, 5) is 0. The summed E-state index contributed by atoms with van der Waals surface area (Å²) in [6, 6.07) is 0. The molecule has 0 saturated heterocycles. The largest absolute Gasteiger partial charge is 0.387 e. The molecule has 0 saturated carbocycles. The third kappa shape index (κ3) is 3.78. The van der Waals surface area contributed by atoms with Gasteiger partial charge in [0, 0.05) is 6.42 Å². The maximum absolute atomic E-state index is 10.8. The lowest BCUT2D eigenvalue weighted by Gasteiger charge is -2.23. The average Bonchev–Trinajstić information content (AvgIpc) is 1.78. The fraction of sp³-hybridized carbons (Fsp3) is 0.750. The summed E-state index contributed by atoms with van der Waals surface area (Å²) in [6.07, 6.45) is 3.16. The summed E-state index contributed by atoms with van der Waals surface area (Å²) in [5.41, 5.74) is 0. The van der Waals surface area contributed by atoms with Gasteiger partial charge in [0.1, 0.15) is 5.76 Å². The van der Waals surface area contributed by atoms with Gasteiger partial charge in [-0.2, -0.15) is 8.42 Å². The quantitative estimate of drug-likeness (QED) is 0.633. The number of hydrogen-bond donors (Lipinski definition) is 0. The van der Waals surface area contributed by atoms with Crippen LogP contribution in [0.3, 0.4) is 0 Å². The predicted molar refractivity (Wildman–Crippen MR) is 48.6 cm³/mol. The molecule has 0 N–H and O–H groups in total. The summed E-state index contributed by atoms with van der Waals surface area (Å²) in [7, 11) is -3.39. The summed E-state index contributed by atoms with van der Waals surface area (Å²) in [5.74, 6) is 0.480. The van der Waals surface area contributed by atoms with E-state index in [1.54, 1.807) is 6.08 Å². The molecular formula is C8H14O4S. The van der Waals surface area contributed by atoms with Gasteiger partial charge in [-0.15, -0.1) is 0 Å². The Hall–Kier alpha value is -0.550. The van der Waals surface area contributed by atoms with E-state index >= 15 is 0 Å². The van der Waals surface area contributed by atoms with E-state index in [-0.39, 0.29) is 12.2 Å². The fourth-order valence-electron chi connectivity index (χ4n) is 1.32. The van der Waals surface area contributed by atoms with Gasteiger partial charge in [-0.25, -0.2) is 0 Å². The lowest BCUT2D eigenvalue weighted by Crippen LogP contribution is -2.23. The predicted octanol–water partition coefficient (Wildman–Crippen LogP) is 1.04. The Morgan fingerprint density at radius 3 is 2.62 bits per heavy atom. The van der Waals surface area contributed by atoms with Crippen LogP contribution in [0.5, 0.6) is 0 Å². The monoisotopic (exact) mass is 206 g/mol. The summed E-state index contributed by atoms with van der Waals surface area (Å²) < 4.78 is 31.8. The number of ether oxygens (including phenoxy) is 1. The van der Waals surface area contributed by atoms with Gasteiger partial charge < -0.3 is 8.92 Å². The van der Waals surface area contributed by atoms with Crippen molar-refractivity contribution in [1.29, 1.82) is 0 Å². The topological polar surface area (TPSA) is 52.6 Å². The molecule has 0 bridgehead atoms. The van der Waals surface area contributed by atoms with Crippen molar-refractivity contribution in [1.82, 2.24) is 0 Å². The molecule has 1 aliphatic rings. The van der Waals surface area contributed by atoms with Crippen molar-refractivity contribution in [3.63, 3.8) is 0 Å². The first-order chi connectivity index (χ1) is 5.87. The molecule has 0 amide bonds. The molecule has 1 rings (SSSR count). The van der Waals surface area contributed by atoms with Gasteiger partial charge in [0.05, 0.1) is 18.5 Å². The van der Waals surface area contributed by atoms with Crippen LogP contribution in [0.4, 0.5) is 0 Å². The van der Waals surface area contributed by atoms with E-state index in [0.29, 0.717) is 12.2 Å². The highest BCUT2D eigenvalue weighted by atomic mass is 32.2. The first-order valence-corrected chi connectivity index (χ1v) is 5.94. The molecular weight excluding hydrogens is 192 g/mol. The zero-order valence-electron chi connectivity index (χ0n) is 7.98. The van der Waals surface area contributed by atoms with Crippen LogP contribution >= 0.6 is 0 Å². The van der Waals surface area contributed by atoms with E-state index in [0.717, 1.165) is 6.26 Å². The third-order valence-corrected chi connectivity index (χ3v) is 2.13. The molecule has 0 aromatic carbocycles. The Kier molecular flexibility index (Phi) is 2.98. The lowest BCUT2D eigenvalue weighted by molar-refractivity contribution is 0.0154. The Morgan fingerprint density at radius 1 is 1.54 bits per heavy atom. The minimum absolute atomic E-state index is 0.0109. The van der Waals surface area contributed by atoms with Crippen molar-refractivity contribution in [2.75, 3.05) is 6.26 Å². The number of rotatable bonds is 2. The van der Waals surface area contributed by atoms with Crippen LogP contribution in [0.1, 0.15) is 20.3 Å². The van der Waals surface area contributed by atoms with E-state index < -0.39 is 10.1 Å². The van der Waals surface area contributed by atoms with Crippen molar-refractivity contribution >= 4 is 10.1 Å². The molecule has 0 unspecified atom stereocenters. The van der Waals surface area contributed by atoms with E-state index in [9.17, 15) is 8.42 Å². The molecule has 4 nitrogen and oxygen atoms in total. The minimum atomic E-state index is -3.39. The lowest BCUT2D eigenvalue weighted by atomic mass is 10.1. The molecule has 1 heterocycles. The van der Waals surface area contributed by atoms with Gasteiger partial charge in [0.2, 0.25) is 0 Å². The molecule has 0 aromatic heterocycles.